The molecule has 2 aliphatic heterocycles. The second kappa shape index (κ2) is 7.42. The van der Waals surface area contributed by atoms with Gasteiger partial charge in [-0.1, -0.05) is 19.4 Å². The number of likely N-dealkylation sites (N-methyl/N-ethyl adjacent to an activating group) is 1. The lowest BCUT2D eigenvalue weighted by atomic mass is 10.0. The van der Waals surface area contributed by atoms with Crippen LogP contribution in [-0.2, 0) is 0 Å². The quantitative estimate of drug-likeness (QED) is 0.834. The number of hydrogen-bond donors (Lipinski definition) is 0. The molecule has 0 bridgehead atoms. The van der Waals surface area contributed by atoms with Gasteiger partial charge in [-0.25, -0.2) is 4.98 Å². The molecule has 0 N–H and O–H groups in total. The van der Waals surface area contributed by atoms with Gasteiger partial charge in [0.15, 0.2) is 0 Å². The molecule has 1 unspecified atom stereocenters. The molecule has 122 valence electrons. The maximum absolute atomic E-state index is 4.77. The Hall–Kier alpha value is -1.13. The lowest BCUT2D eigenvalue weighted by Crippen LogP contribution is -2.45. The molecule has 0 amide bonds. The zero-order chi connectivity index (χ0) is 15.4. The van der Waals surface area contributed by atoms with Crippen molar-refractivity contribution in [2.45, 2.75) is 38.6 Å². The lowest BCUT2D eigenvalue weighted by molar-refractivity contribution is 0.252. The Morgan fingerprint density at radius 3 is 2.77 bits per heavy atom. The molecule has 1 aromatic heterocycles. The summed E-state index contributed by atoms with van der Waals surface area (Å²) in [5, 5.41) is 0. The minimum absolute atomic E-state index is 0.579. The van der Waals surface area contributed by atoms with Gasteiger partial charge in [0.1, 0.15) is 5.82 Å². The highest BCUT2D eigenvalue weighted by atomic mass is 15.3. The molecule has 2 aliphatic rings. The van der Waals surface area contributed by atoms with Gasteiger partial charge in [0, 0.05) is 44.0 Å². The standard InChI is InChI=1S/C18H30N4/c1-3-4-10-21-11-6-8-17(21)16-7-5-9-19-18(16)22-14-12-20(2)13-15-22/h5,7,9,17H,3-4,6,8,10-15H2,1-2H3. The van der Waals surface area contributed by atoms with Gasteiger partial charge in [-0.3, -0.25) is 4.90 Å². The molecule has 1 atom stereocenters. The van der Waals surface area contributed by atoms with E-state index >= 15 is 0 Å². The van der Waals surface area contributed by atoms with Gasteiger partial charge < -0.3 is 9.80 Å². The van der Waals surface area contributed by atoms with Crippen LogP contribution in [0, 0.1) is 0 Å². The molecule has 0 aromatic carbocycles. The Kier molecular flexibility index (Phi) is 5.32. The van der Waals surface area contributed by atoms with Crippen LogP contribution in [0.5, 0.6) is 0 Å². The van der Waals surface area contributed by atoms with E-state index in [-0.39, 0.29) is 0 Å². The molecule has 3 rings (SSSR count). The van der Waals surface area contributed by atoms with E-state index in [1.54, 1.807) is 0 Å². The summed E-state index contributed by atoms with van der Waals surface area (Å²) >= 11 is 0. The molecule has 3 heterocycles. The Morgan fingerprint density at radius 1 is 1.18 bits per heavy atom. The summed E-state index contributed by atoms with van der Waals surface area (Å²) in [6.07, 6.45) is 7.16. The van der Waals surface area contributed by atoms with Crippen LogP contribution in [0.15, 0.2) is 18.3 Å². The van der Waals surface area contributed by atoms with Crippen molar-refractivity contribution in [2.75, 3.05) is 51.2 Å². The molecule has 2 fully saturated rings. The van der Waals surface area contributed by atoms with Crippen LogP contribution in [0.3, 0.4) is 0 Å². The van der Waals surface area contributed by atoms with E-state index in [4.69, 9.17) is 4.98 Å². The van der Waals surface area contributed by atoms with E-state index in [1.165, 1.54) is 50.2 Å². The van der Waals surface area contributed by atoms with Crippen LogP contribution in [0.2, 0.25) is 0 Å². The largest absolute Gasteiger partial charge is 0.354 e. The van der Waals surface area contributed by atoms with Gasteiger partial charge in [0.25, 0.3) is 0 Å². The fourth-order valence-corrected chi connectivity index (χ4v) is 3.76. The maximum Gasteiger partial charge on any atom is 0.133 e. The predicted octanol–water partition coefficient (Wildman–Crippen LogP) is 2.77. The van der Waals surface area contributed by atoms with Gasteiger partial charge >= 0.3 is 0 Å². The number of aromatic nitrogens is 1. The van der Waals surface area contributed by atoms with Crippen LogP contribution >= 0.6 is 0 Å². The second-order valence-electron chi connectivity index (χ2n) is 6.75. The minimum atomic E-state index is 0.579. The van der Waals surface area contributed by atoms with Crippen LogP contribution < -0.4 is 4.90 Å². The van der Waals surface area contributed by atoms with Gasteiger partial charge in [-0.05, 0) is 45.5 Å². The Bertz CT molecular complexity index is 468. The van der Waals surface area contributed by atoms with Crippen molar-refractivity contribution in [3.8, 4) is 0 Å². The molecule has 1 aromatic rings. The lowest BCUT2D eigenvalue weighted by Gasteiger charge is -2.36. The van der Waals surface area contributed by atoms with Gasteiger partial charge in [-0.15, -0.1) is 0 Å². The van der Waals surface area contributed by atoms with Crippen molar-refractivity contribution in [2.24, 2.45) is 0 Å². The Balaban J connectivity index is 1.78. The number of likely N-dealkylation sites (tertiary alicyclic amines) is 1. The molecule has 0 aliphatic carbocycles. The van der Waals surface area contributed by atoms with Crippen molar-refractivity contribution in [1.82, 2.24) is 14.8 Å². The van der Waals surface area contributed by atoms with Gasteiger partial charge in [0.2, 0.25) is 0 Å². The van der Waals surface area contributed by atoms with Gasteiger partial charge in [0.05, 0.1) is 0 Å². The van der Waals surface area contributed by atoms with Crippen molar-refractivity contribution in [1.29, 1.82) is 0 Å². The average molecular weight is 302 g/mol. The third kappa shape index (κ3) is 3.44. The zero-order valence-electron chi connectivity index (χ0n) is 14.2. The summed E-state index contributed by atoms with van der Waals surface area (Å²) in [7, 11) is 2.21. The SMILES string of the molecule is CCCCN1CCCC1c1cccnc1N1CCN(C)CC1. The highest BCUT2D eigenvalue weighted by Crippen LogP contribution is 2.36. The van der Waals surface area contributed by atoms with Crippen molar-refractivity contribution in [3.63, 3.8) is 0 Å². The first-order chi connectivity index (χ1) is 10.8. The van der Waals surface area contributed by atoms with E-state index in [0.717, 1.165) is 26.2 Å². The molecule has 2 saturated heterocycles. The number of nitrogens with zero attached hydrogens (tertiary/aromatic N) is 4. The van der Waals surface area contributed by atoms with E-state index in [9.17, 15) is 0 Å². The zero-order valence-corrected chi connectivity index (χ0v) is 14.2. The smallest absolute Gasteiger partial charge is 0.133 e. The highest BCUT2D eigenvalue weighted by molar-refractivity contribution is 5.49. The van der Waals surface area contributed by atoms with Crippen LogP contribution in [0.25, 0.3) is 0 Å². The first kappa shape index (κ1) is 15.8. The van der Waals surface area contributed by atoms with E-state index in [1.807, 2.05) is 6.20 Å². The fraction of sp³-hybridized carbons (Fsp3) is 0.722. The molecular weight excluding hydrogens is 272 g/mol. The molecular formula is C18H30N4. The normalized spacial score (nSPS) is 24.1. The van der Waals surface area contributed by atoms with Gasteiger partial charge in [-0.2, -0.15) is 0 Å². The third-order valence-electron chi connectivity index (χ3n) is 5.14. The first-order valence-corrected chi connectivity index (χ1v) is 8.92. The Morgan fingerprint density at radius 2 is 2.00 bits per heavy atom. The average Bonchev–Trinajstić information content (AvgIpc) is 3.02. The summed E-state index contributed by atoms with van der Waals surface area (Å²) in [5.41, 5.74) is 1.46. The van der Waals surface area contributed by atoms with E-state index in [0.29, 0.717) is 6.04 Å². The number of anilines is 1. The summed E-state index contributed by atoms with van der Waals surface area (Å²) < 4.78 is 0. The summed E-state index contributed by atoms with van der Waals surface area (Å²) in [5.74, 6) is 1.24. The number of unbranched alkanes of at least 4 members (excludes halogenated alkanes) is 1. The van der Waals surface area contributed by atoms with Crippen LogP contribution in [0.4, 0.5) is 5.82 Å². The Labute approximate surface area is 135 Å². The molecule has 0 saturated carbocycles. The fourth-order valence-electron chi connectivity index (χ4n) is 3.76. The highest BCUT2D eigenvalue weighted by Gasteiger charge is 2.29. The monoisotopic (exact) mass is 302 g/mol. The third-order valence-corrected chi connectivity index (χ3v) is 5.14. The number of rotatable bonds is 5. The molecule has 4 nitrogen and oxygen atoms in total. The van der Waals surface area contributed by atoms with Crippen molar-refractivity contribution >= 4 is 5.82 Å². The van der Waals surface area contributed by atoms with E-state index in [2.05, 4.69) is 40.8 Å². The van der Waals surface area contributed by atoms with Crippen LogP contribution in [-0.4, -0.2) is 61.1 Å². The van der Waals surface area contributed by atoms with Crippen LogP contribution in [0.1, 0.15) is 44.2 Å². The number of piperazine rings is 1. The molecule has 22 heavy (non-hydrogen) atoms. The topological polar surface area (TPSA) is 22.6 Å². The summed E-state index contributed by atoms with van der Waals surface area (Å²) in [6, 6.07) is 5.01. The summed E-state index contributed by atoms with van der Waals surface area (Å²) in [4.78, 5) is 12.3. The predicted molar refractivity (Wildman–Crippen MR) is 92.4 cm³/mol. The minimum Gasteiger partial charge on any atom is -0.354 e. The van der Waals surface area contributed by atoms with Crippen molar-refractivity contribution in [3.05, 3.63) is 23.9 Å². The maximum atomic E-state index is 4.77. The summed E-state index contributed by atoms with van der Waals surface area (Å²) in [6.45, 7) is 9.25. The second-order valence-corrected chi connectivity index (χ2v) is 6.75. The molecule has 0 spiro atoms. The molecule has 0 radical (unpaired) electrons. The molecule has 4 heteroatoms. The number of pyridine rings is 1. The first-order valence-electron chi connectivity index (χ1n) is 8.92. The number of hydrogen-bond acceptors (Lipinski definition) is 4. The van der Waals surface area contributed by atoms with E-state index < -0.39 is 0 Å². The van der Waals surface area contributed by atoms with Crippen molar-refractivity contribution < 1.29 is 0 Å².